The highest BCUT2D eigenvalue weighted by Gasteiger charge is 2.18. The molecule has 0 saturated heterocycles. The van der Waals surface area contributed by atoms with Crippen LogP contribution in [0.25, 0.3) is 98.9 Å². The minimum absolute atomic E-state index is 0.914. The standard InChI is InChI=1S/C45H27NO/c1-2-16-42-35(12-1)38-14-7-13-34(45(38)47-42)32-10-6-11-33(26-32)40-27-39(28-17-19-29(20-18-28)41-15-3-4-25-46-41)36-23-21-30-8-5-9-31-22-24-37(40)44(36)43(30)31/h1-27H. The summed E-state index contributed by atoms with van der Waals surface area (Å²) in [5.41, 5.74) is 11.0. The molecule has 0 aliphatic heterocycles. The number of para-hydroxylation sites is 2. The van der Waals surface area contributed by atoms with E-state index >= 15 is 0 Å². The summed E-state index contributed by atoms with van der Waals surface area (Å²) in [6, 6.07) is 56.7. The zero-order valence-corrected chi connectivity index (χ0v) is 25.4. The highest BCUT2D eigenvalue weighted by Crippen LogP contribution is 2.45. The number of hydrogen-bond donors (Lipinski definition) is 0. The second-order valence-corrected chi connectivity index (χ2v) is 12.3. The van der Waals surface area contributed by atoms with E-state index in [1.165, 1.54) is 54.6 Å². The highest BCUT2D eigenvalue weighted by molar-refractivity contribution is 6.28. The summed E-state index contributed by atoms with van der Waals surface area (Å²) < 4.78 is 6.44. The summed E-state index contributed by atoms with van der Waals surface area (Å²) >= 11 is 0. The third-order valence-electron chi connectivity index (χ3n) is 9.69. The van der Waals surface area contributed by atoms with E-state index < -0.39 is 0 Å². The Balaban J connectivity index is 1.21. The summed E-state index contributed by atoms with van der Waals surface area (Å²) in [5.74, 6) is 0. The summed E-state index contributed by atoms with van der Waals surface area (Å²) in [5, 5.41) is 9.97. The molecule has 0 saturated carbocycles. The predicted octanol–water partition coefficient (Wildman–Crippen LogP) is 12.5. The first-order valence-electron chi connectivity index (χ1n) is 16.0. The molecule has 47 heavy (non-hydrogen) atoms. The van der Waals surface area contributed by atoms with Gasteiger partial charge >= 0.3 is 0 Å². The highest BCUT2D eigenvalue weighted by atomic mass is 16.3. The number of hydrogen-bond acceptors (Lipinski definition) is 2. The molecule has 10 rings (SSSR count). The lowest BCUT2D eigenvalue weighted by atomic mass is 9.85. The van der Waals surface area contributed by atoms with Crippen LogP contribution < -0.4 is 0 Å². The van der Waals surface area contributed by atoms with Gasteiger partial charge in [-0.15, -0.1) is 0 Å². The molecule has 0 amide bonds. The Morgan fingerprint density at radius 3 is 1.83 bits per heavy atom. The van der Waals surface area contributed by atoms with Crippen LogP contribution in [0.4, 0.5) is 0 Å². The van der Waals surface area contributed by atoms with E-state index in [0.29, 0.717) is 0 Å². The fraction of sp³-hybridized carbons (Fsp3) is 0. The van der Waals surface area contributed by atoms with Gasteiger partial charge in [-0.3, -0.25) is 4.98 Å². The summed E-state index contributed by atoms with van der Waals surface area (Å²) in [6.45, 7) is 0. The van der Waals surface area contributed by atoms with Crippen molar-refractivity contribution in [1.82, 2.24) is 4.98 Å². The summed E-state index contributed by atoms with van der Waals surface area (Å²) in [4.78, 5) is 4.57. The number of benzene rings is 8. The van der Waals surface area contributed by atoms with Crippen LogP contribution in [-0.2, 0) is 0 Å². The van der Waals surface area contributed by atoms with Crippen molar-refractivity contribution in [2.75, 3.05) is 0 Å². The molecular formula is C45H27NO. The molecule has 8 aromatic carbocycles. The van der Waals surface area contributed by atoms with Crippen LogP contribution in [-0.4, -0.2) is 4.98 Å². The van der Waals surface area contributed by atoms with Gasteiger partial charge in [0.15, 0.2) is 0 Å². The molecule has 0 N–H and O–H groups in total. The van der Waals surface area contributed by atoms with Crippen molar-refractivity contribution in [1.29, 1.82) is 0 Å². The van der Waals surface area contributed by atoms with E-state index in [1.54, 1.807) is 0 Å². The Kier molecular flexibility index (Phi) is 5.61. The van der Waals surface area contributed by atoms with E-state index in [-0.39, 0.29) is 0 Å². The van der Waals surface area contributed by atoms with Crippen LogP contribution in [0.15, 0.2) is 168 Å². The fourth-order valence-corrected chi connectivity index (χ4v) is 7.49. The Hall–Kier alpha value is -6.25. The van der Waals surface area contributed by atoms with Crippen molar-refractivity contribution in [3.63, 3.8) is 0 Å². The summed E-state index contributed by atoms with van der Waals surface area (Å²) in [7, 11) is 0. The minimum Gasteiger partial charge on any atom is -0.455 e. The number of fused-ring (bicyclic) bond motifs is 3. The number of aromatic nitrogens is 1. The lowest BCUT2D eigenvalue weighted by molar-refractivity contribution is 0.670. The van der Waals surface area contributed by atoms with Gasteiger partial charge in [-0.2, -0.15) is 0 Å². The number of rotatable bonds is 4. The average Bonchev–Trinajstić information content (AvgIpc) is 3.53. The first-order chi connectivity index (χ1) is 23.3. The zero-order valence-electron chi connectivity index (χ0n) is 25.4. The molecule has 0 radical (unpaired) electrons. The van der Waals surface area contributed by atoms with Gasteiger partial charge in [-0.1, -0.05) is 127 Å². The third-order valence-corrected chi connectivity index (χ3v) is 9.69. The molecule has 0 spiro atoms. The number of pyridine rings is 1. The summed E-state index contributed by atoms with van der Waals surface area (Å²) in [6.07, 6.45) is 1.85. The van der Waals surface area contributed by atoms with E-state index in [9.17, 15) is 0 Å². The second kappa shape index (κ2) is 10.1. The molecule has 218 valence electrons. The largest absolute Gasteiger partial charge is 0.455 e. The maximum Gasteiger partial charge on any atom is 0.143 e. The van der Waals surface area contributed by atoms with Gasteiger partial charge in [0, 0.05) is 28.1 Å². The molecule has 0 atom stereocenters. The lowest BCUT2D eigenvalue weighted by Gasteiger charge is -2.18. The Morgan fingerprint density at radius 2 is 1.04 bits per heavy atom. The smallest absolute Gasteiger partial charge is 0.143 e. The van der Waals surface area contributed by atoms with E-state index in [2.05, 4.69) is 138 Å². The molecule has 0 aliphatic carbocycles. The Morgan fingerprint density at radius 1 is 0.383 bits per heavy atom. The monoisotopic (exact) mass is 597 g/mol. The third kappa shape index (κ3) is 4.02. The van der Waals surface area contributed by atoms with E-state index in [1.807, 2.05) is 30.5 Å². The lowest BCUT2D eigenvalue weighted by Crippen LogP contribution is -1.92. The molecule has 0 aliphatic rings. The zero-order chi connectivity index (χ0) is 30.9. The van der Waals surface area contributed by atoms with Gasteiger partial charge in [0.1, 0.15) is 11.2 Å². The molecule has 2 heterocycles. The van der Waals surface area contributed by atoms with E-state index in [0.717, 1.165) is 44.3 Å². The van der Waals surface area contributed by atoms with Gasteiger partial charge in [-0.05, 0) is 90.5 Å². The van der Waals surface area contributed by atoms with Gasteiger partial charge in [0.05, 0.1) is 5.69 Å². The van der Waals surface area contributed by atoms with Crippen molar-refractivity contribution in [3.05, 3.63) is 164 Å². The maximum atomic E-state index is 6.44. The SMILES string of the molecule is c1ccc(-c2ccc(-c3cc(-c4cccc(-c5cccc6c5oc5ccccc56)c4)c4ccc5cccc6ccc3c4c65)cc2)nc1. The van der Waals surface area contributed by atoms with Crippen LogP contribution >= 0.6 is 0 Å². The second-order valence-electron chi connectivity index (χ2n) is 12.3. The van der Waals surface area contributed by atoms with Crippen LogP contribution in [0.2, 0.25) is 0 Å². The van der Waals surface area contributed by atoms with E-state index in [4.69, 9.17) is 4.42 Å². The van der Waals surface area contributed by atoms with Crippen molar-refractivity contribution >= 4 is 54.3 Å². The van der Waals surface area contributed by atoms with Gasteiger partial charge < -0.3 is 4.42 Å². The van der Waals surface area contributed by atoms with Crippen molar-refractivity contribution in [3.8, 4) is 44.6 Å². The Bertz CT molecular complexity index is 2760. The number of nitrogens with zero attached hydrogens (tertiary/aromatic N) is 1. The molecule has 2 heteroatoms. The molecule has 10 aromatic rings. The average molecular weight is 598 g/mol. The molecular weight excluding hydrogens is 571 g/mol. The van der Waals surface area contributed by atoms with Crippen molar-refractivity contribution < 1.29 is 4.42 Å². The topological polar surface area (TPSA) is 26.0 Å². The normalized spacial score (nSPS) is 11.8. The van der Waals surface area contributed by atoms with Gasteiger partial charge in [-0.25, -0.2) is 0 Å². The first-order valence-corrected chi connectivity index (χ1v) is 16.0. The van der Waals surface area contributed by atoms with Crippen LogP contribution in [0, 0.1) is 0 Å². The van der Waals surface area contributed by atoms with Crippen LogP contribution in [0.5, 0.6) is 0 Å². The molecule has 0 unspecified atom stereocenters. The van der Waals surface area contributed by atoms with Crippen LogP contribution in [0.1, 0.15) is 0 Å². The fourth-order valence-electron chi connectivity index (χ4n) is 7.49. The quantitative estimate of drug-likeness (QED) is 0.189. The Labute approximate surface area is 271 Å². The molecule has 2 aromatic heterocycles. The van der Waals surface area contributed by atoms with Gasteiger partial charge in [0.2, 0.25) is 0 Å². The first kappa shape index (κ1) is 26.0. The van der Waals surface area contributed by atoms with Crippen molar-refractivity contribution in [2.45, 2.75) is 0 Å². The maximum absolute atomic E-state index is 6.44. The molecule has 0 fully saturated rings. The number of furan rings is 1. The molecule has 0 bridgehead atoms. The predicted molar refractivity (Wildman–Crippen MR) is 197 cm³/mol. The van der Waals surface area contributed by atoms with Crippen molar-refractivity contribution in [2.24, 2.45) is 0 Å². The molecule has 2 nitrogen and oxygen atoms in total. The minimum atomic E-state index is 0.914. The van der Waals surface area contributed by atoms with Gasteiger partial charge in [0.25, 0.3) is 0 Å². The van der Waals surface area contributed by atoms with Crippen LogP contribution in [0.3, 0.4) is 0 Å².